The molecule has 4 heterocycles. The minimum Gasteiger partial charge on any atom is -0.439 e. The number of fused-ring (bicyclic) bond motifs is 3. The molecule has 0 fully saturated rings. The van der Waals surface area contributed by atoms with Gasteiger partial charge in [0.2, 0.25) is 5.71 Å². The lowest BCUT2D eigenvalue weighted by molar-refractivity contribution is -0.653. The molecule has 1 aromatic carbocycles. The van der Waals surface area contributed by atoms with Crippen molar-refractivity contribution in [3.8, 4) is 11.1 Å². The van der Waals surface area contributed by atoms with E-state index in [1.54, 1.807) is 0 Å². The fraction of sp³-hybridized carbons (Fsp3) is 0.167. The molecule has 1 aliphatic heterocycles. The second-order valence-electron chi connectivity index (χ2n) is 7.86. The first-order chi connectivity index (χ1) is 14.0. The van der Waals surface area contributed by atoms with Crippen LogP contribution in [0.2, 0.25) is 0 Å². The van der Waals surface area contributed by atoms with Gasteiger partial charge in [0.25, 0.3) is 0 Å². The zero-order valence-electron chi connectivity index (χ0n) is 17.2. The van der Waals surface area contributed by atoms with E-state index in [-0.39, 0.29) is 6.85 Å². The fourth-order valence-electron chi connectivity index (χ4n) is 4.19. The van der Waals surface area contributed by atoms with E-state index in [1.165, 1.54) is 22.3 Å². The van der Waals surface area contributed by atoms with Crippen LogP contribution in [0, 0.1) is 13.8 Å². The fourth-order valence-corrected chi connectivity index (χ4v) is 4.19. The molecular formula is C24H23BN3O+. The molecule has 4 aromatic rings. The Balaban J connectivity index is 1.64. The molecule has 0 saturated heterocycles. The van der Waals surface area contributed by atoms with Crippen LogP contribution < -0.4 is 20.8 Å². The van der Waals surface area contributed by atoms with Crippen LogP contribution in [0.5, 0.6) is 0 Å². The molecule has 0 unspecified atom stereocenters. The van der Waals surface area contributed by atoms with Crippen LogP contribution in [-0.4, -0.2) is 23.7 Å². The number of rotatable bonds is 2. The van der Waals surface area contributed by atoms with Crippen LogP contribution in [-0.2, 0) is 7.05 Å². The van der Waals surface area contributed by atoms with Gasteiger partial charge in [0, 0.05) is 27.9 Å². The van der Waals surface area contributed by atoms with Gasteiger partial charge in [-0.2, -0.15) is 0 Å². The topological polar surface area (TPSA) is 33.1 Å². The molecule has 0 amide bonds. The highest BCUT2D eigenvalue weighted by Crippen LogP contribution is 2.20. The highest BCUT2D eigenvalue weighted by atomic mass is 16.3. The third kappa shape index (κ3) is 2.94. The molecule has 4 nitrogen and oxygen atoms in total. The van der Waals surface area contributed by atoms with Gasteiger partial charge in [-0.15, -0.1) is 0 Å². The van der Waals surface area contributed by atoms with Gasteiger partial charge in [0.15, 0.2) is 11.8 Å². The number of aryl methyl sites for hydroxylation is 3. The first-order valence-electron chi connectivity index (χ1n) is 9.88. The maximum atomic E-state index is 6.10. The molecule has 5 heteroatoms. The van der Waals surface area contributed by atoms with Crippen LogP contribution in [0.1, 0.15) is 11.3 Å². The summed E-state index contributed by atoms with van der Waals surface area (Å²) < 4.78 is 8.32. The largest absolute Gasteiger partial charge is 0.439 e. The zero-order valence-corrected chi connectivity index (χ0v) is 17.2. The van der Waals surface area contributed by atoms with Crippen molar-refractivity contribution in [1.82, 2.24) is 9.79 Å². The van der Waals surface area contributed by atoms with E-state index in [1.807, 2.05) is 13.0 Å². The quantitative estimate of drug-likeness (QED) is 0.393. The van der Waals surface area contributed by atoms with Crippen molar-refractivity contribution in [2.75, 3.05) is 7.05 Å². The summed E-state index contributed by atoms with van der Waals surface area (Å²) in [7, 11) is 4.23. The van der Waals surface area contributed by atoms with Gasteiger partial charge in [0.1, 0.15) is 12.5 Å². The smallest absolute Gasteiger partial charge is 0.399 e. The van der Waals surface area contributed by atoms with E-state index in [4.69, 9.17) is 4.42 Å². The Morgan fingerprint density at radius 1 is 1.07 bits per heavy atom. The average molecular weight is 380 g/mol. The molecule has 0 atom stereocenters. The molecule has 29 heavy (non-hydrogen) atoms. The number of nitrogens with zero attached hydrogens (tertiary/aromatic N) is 3. The molecule has 142 valence electrons. The predicted molar refractivity (Wildman–Crippen MR) is 118 cm³/mol. The van der Waals surface area contributed by atoms with Crippen LogP contribution in [0.3, 0.4) is 0 Å². The molecule has 1 aliphatic rings. The minimum atomic E-state index is 0.0951. The number of aromatic nitrogens is 2. The summed E-state index contributed by atoms with van der Waals surface area (Å²) in [5, 5.41) is 2.17. The van der Waals surface area contributed by atoms with Gasteiger partial charge in [-0.1, -0.05) is 30.3 Å². The van der Waals surface area contributed by atoms with Crippen molar-refractivity contribution in [2.45, 2.75) is 13.8 Å². The summed E-state index contributed by atoms with van der Waals surface area (Å²) in [6.07, 6.45) is 4.39. The molecule has 0 spiro atoms. The lowest BCUT2D eigenvalue weighted by atomic mass is 9.56. The Hall–Kier alpha value is -3.34. The normalized spacial score (nSPS) is 13.2. The summed E-state index contributed by atoms with van der Waals surface area (Å²) >= 11 is 0. The van der Waals surface area contributed by atoms with Gasteiger partial charge in [-0.3, -0.25) is 0 Å². The average Bonchev–Trinajstić information content (AvgIpc) is 3.06. The van der Waals surface area contributed by atoms with Crippen molar-refractivity contribution in [1.29, 1.82) is 0 Å². The predicted octanol–water partition coefficient (Wildman–Crippen LogP) is 1.84. The standard InChI is InChI=1S/C24H23BN3O/c1-16-12-23(27(3)14-20(16)18-8-6-5-7-9-18)25-13-22-21(15-28(25)4)19-11-10-17(2)26-24(19)29-22/h5-15H,1-4H3/q+1. The highest BCUT2D eigenvalue weighted by molar-refractivity contribution is 6.82. The Kier molecular flexibility index (Phi) is 4.05. The van der Waals surface area contributed by atoms with E-state index in [0.717, 1.165) is 21.7 Å². The van der Waals surface area contributed by atoms with E-state index < -0.39 is 0 Å². The molecule has 0 N–H and O–H groups in total. The second kappa shape index (κ2) is 6.62. The van der Waals surface area contributed by atoms with E-state index in [0.29, 0.717) is 5.71 Å². The number of benzene rings is 1. The van der Waals surface area contributed by atoms with Crippen molar-refractivity contribution in [2.24, 2.45) is 7.05 Å². The Bertz CT molecular complexity index is 1360. The van der Waals surface area contributed by atoms with Crippen LogP contribution >= 0.6 is 0 Å². The molecule has 0 bridgehead atoms. The second-order valence-corrected chi connectivity index (χ2v) is 7.86. The highest BCUT2D eigenvalue weighted by Gasteiger charge is 2.31. The first kappa shape index (κ1) is 17.7. The molecule has 0 aliphatic carbocycles. The van der Waals surface area contributed by atoms with Crippen molar-refractivity contribution in [3.63, 3.8) is 0 Å². The van der Waals surface area contributed by atoms with Gasteiger partial charge in [-0.05, 0) is 56.3 Å². The summed E-state index contributed by atoms with van der Waals surface area (Å²) in [5.74, 6) is 2.20. The van der Waals surface area contributed by atoms with Crippen molar-refractivity contribution < 1.29 is 8.98 Å². The van der Waals surface area contributed by atoms with Gasteiger partial charge >= 0.3 is 6.85 Å². The molecule has 5 rings (SSSR count). The molecule has 0 saturated carbocycles. The number of hydrogen-bond donors (Lipinski definition) is 0. The van der Waals surface area contributed by atoms with Crippen LogP contribution in [0.25, 0.3) is 34.4 Å². The Labute approximate surface area is 170 Å². The lowest BCUT2D eigenvalue weighted by Crippen LogP contribution is -2.60. The molecule has 0 radical (unpaired) electrons. The van der Waals surface area contributed by atoms with Crippen molar-refractivity contribution >= 4 is 35.7 Å². The monoisotopic (exact) mass is 380 g/mol. The lowest BCUT2D eigenvalue weighted by Gasteiger charge is -2.21. The minimum absolute atomic E-state index is 0.0951. The SMILES string of the molecule is Cc1ccc2c3c(oc2n1)=CB(c1cc(C)c(-c2ccccc2)c[n+]1C)N(C)C=3. The molecule has 3 aromatic heterocycles. The van der Waals surface area contributed by atoms with Gasteiger partial charge in [-0.25, -0.2) is 9.55 Å². The maximum Gasteiger partial charge on any atom is 0.399 e. The third-order valence-electron chi connectivity index (χ3n) is 5.75. The van der Waals surface area contributed by atoms with Gasteiger partial charge in [0.05, 0.1) is 0 Å². The van der Waals surface area contributed by atoms with Crippen LogP contribution in [0.15, 0.2) is 59.1 Å². The maximum absolute atomic E-state index is 6.10. The number of hydrogen-bond acceptors (Lipinski definition) is 3. The Morgan fingerprint density at radius 3 is 2.66 bits per heavy atom. The Morgan fingerprint density at radius 2 is 1.86 bits per heavy atom. The van der Waals surface area contributed by atoms with Crippen LogP contribution in [0.4, 0.5) is 0 Å². The van der Waals surface area contributed by atoms with E-state index in [2.05, 4.69) is 96.2 Å². The molecular weight excluding hydrogens is 357 g/mol. The third-order valence-corrected chi connectivity index (χ3v) is 5.75. The van der Waals surface area contributed by atoms with E-state index in [9.17, 15) is 0 Å². The summed E-state index contributed by atoms with van der Waals surface area (Å²) in [5.41, 5.74) is 7.54. The number of furan rings is 1. The summed E-state index contributed by atoms with van der Waals surface area (Å²) in [4.78, 5) is 6.79. The first-order valence-corrected chi connectivity index (χ1v) is 9.88. The summed E-state index contributed by atoms with van der Waals surface area (Å²) in [6, 6.07) is 16.9. The van der Waals surface area contributed by atoms with E-state index >= 15 is 0 Å². The van der Waals surface area contributed by atoms with Gasteiger partial charge < -0.3 is 9.23 Å². The number of pyridine rings is 2. The summed E-state index contributed by atoms with van der Waals surface area (Å²) in [6.45, 7) is 4.26. The zero-order chi connectivity index (χ0) is 20.1. The van der Waals surface area contributed by atoms with Crippen molar-refractivity contribution in [3.05, 3.63) is 76.6 Å².